The summed E-state index contributed by atoms with van der Waals surface area (Å²) in [6.07, 6.45) is 7.27. The Morgan fingerprint density at radius 3 is 2.46 bits per heavy atom. The quantitative estimate of drug-likeness (QED) is 0.461. The molecule has 2 aliphatic rings. The van der Waals surface area contributed by atoms with Gasteiger partial charge in [-0.05, 0) is 75.6 Å². The molecule has 35 heavy (non-hydrogen) atoms. The van der Waals surface area contributed by atoms with Crippen molar-refractivity contribution >= 4 is 22.8 Å². The lowest BCUT2D eigenvalue weighted by Crippen LogP contribution is -2.43. The third kappa shape index (κ3) is 5.16. The molecule has 3 aromatic rings. The lowest BCUT2D eigenvalue weighted by atomic mass is 9.91. The number of aromatic nitrogens is 2. The Balaban J connectivity index is 1.40. The number of carbonyl (C=O) groups is 2. The minimum absolute atomic E-state index is 0.0202. The molecule has 8 heteroatoms. The number of aromatic amines is 1. The number of halogens is 1. The van der Waals surface area contributed by atoms with Crippen LogP contribution in [-0.4, -0.2) is 40.5 Å². The molecule has 3 N–H and O–H groups in total. The number of carbonyl (C=O) groups excluding carboxylic acids is 2. The number of nitrogens with zero attached hydrogens (tertiary/aromatic N) is 1. The number of rotatable bonds is 7. The van der Waals surface area contributed by atoms with Gasteiger partial charge in [0.1, 0.15) is 17.1 Å². The van der Waals surface area contributed by atoms with Crippen molar-refractivity contribution in [3.8, 4) is 16.9 Å². The molecule has 1 aromatic carbocycles. The van der Waals surface area contributed by atoms with Gasteiger partial charge in [-0.3, -0.25) is 14.6 Å². The summed E-state index contributed by atoms with van der Waals surface area (Å²) in [4.78, 5) is 32.4. The van der Waals surface area contributed by atoms with E-state index in [2.05, 4.69) is 20.6 Å². The number of hydrogen-bond donors (Lipinski definition) is 3. The van der Waals surface area contributed by atoms with Crippen molar-refractivity contribution in [1.82, 2.24) is 20.6 Å². The second-order valence-corrected chi connectivity index (χ2v) is 9.82. The highest BCUT2D eigenvalue weighted by Gasteiger charge is 2.27. The van der Waals surface area contributed by atoms with Crippen molar-refractivity contribution in [1.29, 1.82) is 0 Å². The van der Waals surface area contributed by atoms with Gasteiger partial charge in [0.15, 0.2) is 0 Å². The Labute approximate surface area is 203 Å². The Hall–Kier alpha value is -3.42. The van der Waals surface area contributed by atoms with Gasteiger partial charge in [-0.25, -0.2) is 4.39 Å². The summed E-state index contributed by atoms with van der Waals surface area (Å²) >= 11 is 0. The third-order valence-electron chi connectivity index (χ3n) is 6.98. The molecule has 0 aliphatic heterocycles. The lowest BCUT2D eigenvalue weighted by Gasteiger charge is -2.29. The molecule has 0 bridgehead atoms. The molecule has 184 valence electrons. The first kappa shape index (κ1) is 23.3. The molecule has 0 spiro atoms. The van der Waals surface area contributed by atoms with Gasteiger partial charge >= 0.3 is 0 Å². The number of ether oxygens (including phenoxy) is 1. The summed E-state index contributed by atoms with van der Waals surface area (Å²) in [6.45, 7) is 4.00. The molecule has 0 atom stereocenters. The third-order valence-corrected chi connectivity index (χ3v) is 6.98. The minimum atomic E-state index is -0.347. The van der Waals surface area contributed by atoms with Crippen molar-refractivity contribution in [2.45, 2.75) is 64.5 Å². The highest BCUT2D eigenvalue weighted by molar-refractivity contribution is 6.09. The minimum Gasteiger partial charge on any atom is -0.493 e. The molecule has 5 rings (SSSR count). The summed E-state index contributed by atoms with van der Waals surface area (Å²) in [5, 5.41) is 6.11. The monoisotopic (exact) mass is 478 g/mol. The molecule has 2 aliphatic carbocycles. The predicted molar refractivity (Wildman–Crippen MR) is 132 cm³/mol. The molecule has 0 unspecified atom stereocenters. The van der Waals surface area contributed by atoms with E-state index in [-0.39, 0.29) is 29.7 Å². The number of nitrogens with one attached hydrogen (secondary N) is 3. The van der Waals surface area contributed by atoms with E-state index >= 15 is 0 Å². The first-order chi connectivity index (χ1) is 16.9. The van der Waals surface area contributed by atoms with Crippen molar-refractivity contribution < 1.29 is 18.7 Å². The second kappa shape index (κ2) is 9.68. The summed E-state index contributed by atoms with van der Waals surface area (Å²) in [6, 6.07) is 6.58. The SMILES string of the molecule is CC(=O)N[C@H]1CC[C@@H](NC(=O)c2c(C)[nH]c3c(-c4cc(F)ccc4OCC4CC4)ccnc23)CC1. The van der Waals surface area contributed by atoms with Crippen molar-refractivity contribution in [2.24, 2.45) is 5.92 Å². The average Bonchev–Trinajstić information content (AvgIpc) is 3.58. The molecule has 2 saturated carbocycles. The van der Waals surface area contributed by atoms with Crippen LogP contribution in [-0.2, 0) is 4.79 Å². The van der Waals surface area contributed by atoms with E-state index in [1.54, 1.807) is 12.3 Å². The van der Waals surface area contributed by atoms with Gasteiger partial charge in [-0.15, -0.1) is 0 Å². The number of amides is 2. The average molecular weight is 479 g/mol. The number of benzene rings is 1. The van der Waals surface area contributed by atoms with Crippen LogP contribution in [0.3, 0.4) is 0 Å². The zero-order valence-electron chi connectivity index (χ0n) is 20.1. The highest BCUT2D eigenvalue weighted by Crippen LogP contribution is 2.38. The van der Waals surface area contributed by atoms with Crippen LogP contribution in [0, 0.1) is 18.7 Å². The van der Waals surface area contributed by atoms with Gasteiger partial charge in [-0.2, -0.15) is 0 Å². The second-order valence-electron chi connectivity index (χ2n) is 9.82. The zero-order chi connectivity index (χ0) is 24.5. The summed E-state index contributed by atoms with van der Waals surface area (Å²) in [7, 11) is 0. The van der Waals surface area contributed by atoms with E-state index in [1.165, 1.54) is 31.9 Å². The number of hydrogen-bond acceptors (Lipinski definition) is 4. The fourth-order valence-electron chi connectivity index (χ4n) is 4.97. The van der Waals surface area contributed by atoms with E-state index in [0.717, 1.165) is 31.2 Å². The van der Waals surface area contributed by atoms with Crippen LogP contribution < -0.4 is 15.4 Å². The van der Waals surface area contributed by atoms with Crippen LogP contribution >= 0.6 is 0 Å². The van der Waals surface area contributed by atoms with Gasteiger partial charge in [-0.1, -0.05) is 0 Å². The zero-order valence-corrected chi connectivity index (χ0v) is 20.1. The fourth-order valence-corrected chi connectivity index (χ4v) is 4.97. The number of pyridine rings is 1. The number of H-pyrrole nitrogens is 1. The maximum absolute atomic E-state index is 14.2. The lowest BCUT2D eigenvalue weighted by molar-refractivity contribution is -0.119. The van der Waals surface area contributed by atoms with Crippen molar-refractivity contribution in [3.05, 3.63) is 47.5 Å². The normalized spacial score (nSPS) is 20.0. The Bertz CT molecular complexity index is 1260. The van der Waals surface area contributed by atoms with Gasteiger partial charge in [0, 0.05) is 42.0 Å². The molecule has 2 amide bonds. The molecule has 2 fully saturated rings. The Morgan fingerprint density at radius 1 is 1.06 bits per heavy atom. The van der Waals surface area contributed by atoms with Crippen LogP contribution in [0.2, 0.25) is 0 Å². The molecule has 2 aromatic heterocycles. The fraction of sp³-hybridized carbons (Fsp3) is 0.444. The topological polar surface area (TPSA) is 96.1 Å². The van der Waals surface area contributed by atoms with E-state index in [0.29, 0.717) is 46.1 Å². The summed E-state index contributed by atoms with van der Waals surface area (Å²) < 4.78 is 20.3. The van der Waals surface area contributed by atoms with Gasteiger partial charge in [0.25, 0.3) is 5.91 Å². The predicted octanol–water partition coefficient (Wildman–Crippen LogP) is 4.64. The van der Waals surface area contributed by atoms with E-state index in [4.69, 9.17) is 4.74 Å². The van der Waals surface area contributed by atoms with Crippen LogP contribution in [0.1, 0.15) is 61.5 Å². The van der Waals surface area contributed by atoms with Crippen LogP contribution in [0.25, 0.3) is 22.2 Å². The standard InChI is InChI=1S/C27H31FN4O3/c1-15-24(27(34)32-20-8-6-19(7-9-20)31-16(2)33)26-25(30-15)21(11-12-29-26)22-13-18(28)5-10-23(22)35-14-17-3-4-17/h5,10-13,17,19-20,30H,3-4,6-9,14H2,1-2H3,(H,31,33)(H,32,34)/t19-,20+. The highest BCUT2D eigenvalue weighted by atomic mass is 19.1. The Morgan fingerprint density at radius 2 is 1.77 bits per heavy atom. The number of aryl methyl sites for hydroxylation is 1. The van der Waals surface area contributed by atoms with E-state index < -0.39 is 0 Å². The van der Waals surface area contributed by atoms with Crippen LogP contribution in [0.4, 0.5) is 4.39 Å². The Kier molecular flexibility index (Phi) is 6.45. The summed E-state index contributed by atoms with van der Waals surface area (Å²) in [5.41, 5.74) is 3.85. The molecule has 7 nitrogen and oxygen atoms in total. The van der Waals surface area contributed by atoms with Gasteiger partial charge in [0.2, 0.25) is 5.91 Å². The molecule has 0 saturated heterocycles. The van der Waals surface area contributed by atoms with Crippen molar-refractivity contribution in [3.63, 3.8) is 0 Å². The molecular formula is C27H31FN4O3. The molecular weight excluding hydrogens is 447 g/mol. The van der Waals surface area contributed by atoms with Crippen LogP contribution in [0.5, 0.6) is 5.75 Å². The maximum Gasteiger partial charge on any atom is 0.255 e. The van der Waals surface area contributed by atoms with Gasteiger partial charge < -0.3 is 20.4 Å². The van der Waals surface area contributed by atoms with Gasteiger partial charge in [0.05, 0.1) is 17.7 Å². The first-order valence-corrected chi connectivity index (χ1v) is 12.4. The van der Waals surface area contributed by atoms with Crippen LogP contribution in [0.15, 0.2) is 30.5 Å². The molecule has 0 radical (unpaired) electrons. The maximum atomic E-state index is 14.2. The first-order valence-electron chi connectivity index (χ1n) is 12.4. The van der Waals surface area contributed by atoms with E-state index in [9.17, 15) is 14.0 Å². The largest absolute Gasteiger partial charge is 0.493 e. The molecule has 2 heterocycles. The van der Waals surface area contributed by atoms with Crippen molar-refractivity contribution in [2.75, 3.05) is 6.61 Å². The summed E-state index contributed by atoms with van der Waals surface area (Å²) in [5.74, 6) is 0.653. The smallest absolute Gasteiger partial charge is 0.255 e. The van der Waals surface area contributed by atoms with E-state index in [1.807, 2.05) is 13.0 Å². The number of fused-ring (bicyclic) bond motifs is 1.